The summed E-state index contributed by atoms with van der Waals surface area (Å²) in [4.78, 5) is 0. The first-order valence-electron chi connectivity index (χ1n) is 6.02. The molecule has 4 heteroatoms. The second kappa shape index (κ2) is 7.57. The molecule has 1 N–H and O–H groups in total. The summed E-state index contributed by atoms with van der Waals surface area (Å²) in [6, 6.07) is 6.02. The highest BCUT2D eigenvalue weighted by Crippen LogP contribution is 2.28. The minimum absolute atomic E-state index is 0.589. The molecule has 0 atom stereocenters. The molecule has 0 unspecified atom stereocenters. The zero-order valence-corrected chi connectivity index (χ0v) is 11.2. The Bertz CT molecular complexity index is 425. The van der Waals surface area contributed by atoms with Crippen LogP contribution in [0.2, 0.25) is 0 Å². The smallest absolute Gasteiger partial charge is 0.127 e. The number of hydrogen-bond acceptors (Lipinski definition) is 4. The molecule has 0 fully saturated rings. The second-order valence-corrected chi connectivity index (χ2v) is 4.06. The predicted octanol–water partition coefficient (Wildman–Crippen LogP) is 2.41. The van der Waals surface area contributed by atoms with Crippen LogP contribution in [0.5, 0.6) is 11.5 Å². The van der Waals surface area contributed by atoms with Crippen LogP contribution in [0.15, 0.2) is 12.1 Å². The van der Waals surface area contributed by atoms with Gasteiger partial charge in [-0.05, 0) is 31.5 Å². The molecule has 1 aromatic rings. The Morgan fingerprint density at radius 1 is 1.28 bits per heavy atom. The number of rotatable bonds is 7. The Morgan fingerprint density at radius 2 is 2.06 bits per heavy atom. The van der Waals surface area contributed by atoms with Crippen molar-refractivity contribution in [3.63, 3.8) is 0 Å². The zero-order valence-electron chi connectivity index (χ0n) is 11.2. The number of nitrogens with one attached hydrogen (secondary N) is 1. The number of hydrogen-bond donors (Lipinski definition) is 1. The number of aryl methyl sites for hydroxylation is 1. The van der Waals surface area contributed by atoms with Crippen molar-refractivity contribution in [3.8, 4) is 17.6 Å². The molecule has 1 rings (SSSR count). The van der Waals surface area contributed by atoms with E-state index in [1.807, 2.05) is 19.1 Å². The minimum atomic E-state index is 0.589. The molecule has 4 nitrogen and oxygen atoms in total. The maximum atomic E-state index is 8.45. The summed E-state index contributed by atoms with van der Waals surface area (Å²) in [5, 5.41) is 11.8. The Labute approximate surface area is 109 Å². The van der Waals surface area contributed by atoms with E-state index < -0.39 is 0 Å². The molecule has 0 amide bonds. The highest BCUT2D eigenvalue weighted by atomic mass is 16.5. The number of nitriles is 1. The van der Waals surface area contributed by atoms with Crippen LogP contribution in [0.1, 0.15) is 24.0 Å². The first-order valence-corrected chi connectivity index (χ1v) is 6.02. The lowest BCUT2D eigenvalue weighted by Crippen LogP contribution is -2.16. The third-order valence-electron chi connectivity index (χ3n) is 2.81. The van der Waals surface area contributed by atoms with E-state index in [-0.39, 0.29) is 0 Å². The predicted molar refractivity (Wildman–Crippen MR) is 70.8 cm³/mol. The molecule has 1 aromatic carbocycles. The van der Waals surface area contributed by atoms with Gasteiger partial charge in [0.15, 0.2) is 0 Å². The van der Waals surface area contributed by atoms with Crippen molar-refractivity contribution < 1.29 is 9.47 Å². The van der Waals surface area contributed by atoms with Crippen molar-refractivity contribution in [1.82, 2.24) is 5.32 Å². The van der Waals surface area contributed by atoms with Crippen molar-refractivity contribution in [3.05, 3.63) is 23.3 Å². The zero-order chi connectivity index (χ0) is 13.4. The normalized spacial score (nSPS) is 9.89. The fourth-order valence-electron chi connectivity index (χ4n) is 1.79. The Balaban J connectivity index is 2.67. The first kappa shape index (κ1) is 14.3. The van der Waals surface area contributed by atoms with E-state index in [1.54, 1.807) is 14.2 Å². The average Bonchev–Trinajstić information content (AvgIpc) is 2.39. The molecule has 0 aliphatic carbocycles. The van der Waals surface area contributed by atoms with Crippen LogP contribution in [0.3, 0.4) is 0 Å². The summed E-state index contributed by atoms with van der Waals surface area (Å²) in [6.07, 6.45) is 1.46. The van der Waals surface area contributed by atoms with Gasteiger partial charge >= 0.3 is 0 Å². The summed E-state index contributed by atoms with van der Waals surface area (Å²) in [6.45, 7) is 3.62. The summed E-state index contributed by atoms with van der Waals surface area (Å²) < 4.78 is 10.6. The lowest BCUT2D eigenvalue weighted by atomic mass is 10.1. The molecule has 18 heavy (non-hydrogen) atoms. The Morgan fingerprint density at radius 3 is 2.67 bits per heavy atom. The van der Waals surface area contributed by atoms with E-state index in [9.17, 15) is 0 Å². The number of benzene rings is 1. The fourth-order valence-corrected chi connectivity index (χ4v) is 1.79. The molecule has 0 aliphatic rings. The van der Waals surface area contributed by atoms with Crippen molar-refractivity contribution in [2.24, 2.45) is 0 Å². The average molecular weight is 248 g/mol. The topological polar surface area (TPSA) is 54.3 Å². The number of ether oxygens (including phenoxy) is 2. The van der Waals surface area contributed by atoms with Crippen LogP contribution in [0.4, 0.5) is 0 Å². The van der Waals surface area contributed by atoms with Gasteiger partial charge in [0, 0.05) is 24.6 Å². The fraction of sp³-hybridized carbons (Fsp3) is 0.500. The molecule has 0 radical (unpaired) electrons. The van der Waals surface area contributed by atoms with E-state index in [4.69, 9.17) is 14.7 Å². The van der Waals surface area contributed by atoms with Crippen molar-refractivity contribution in [1.29, 1.82) is 5.26 Å². The Kier molecular flexibility index (Phi) is 6.03. The van der Waals surface area contributed by atoms with E-state index in [2.05, 4.69) is 11.4 Å². The molecule has 0 aliphatic heterocycles. The lowest BCUT2D eigenvalue weighted by Gasteiger charge is -2.14. The van der Waals surface area contributed by atoms with Gasteiger partial charge in [0.25, 0.3) is 0 Å². The highest BCUT2D eigenvalue weighted by molar-refractivity contribution is 5.46. The van der Waals surface area contributed by atoms with Crippen molar-refractivity contribution in [2.45, 2.75) is 26.3 Å². The van der Waals surface area contributed by atoms with Gasteiger partial charge in [-0.3, -0.25) is 0 Å². The number of methoxy groups -OCH3 is 2. The van der Waals surface area contributed by atoms with Crippen LogP contribution < -0.4 is 14.8 Å². The first-order chi connectivity index (χ1) is 8.72. The summed E-state index contributed by atoms with van der Waals surface area (Å²) >= 11 is 0. The van der Waals surface area contributed by atoms with E-state index in [1.165, 1.54) is 0 Å². The molecule has 0 bridgehead atoms. The minimum Gasteiger partial charge on any atom is -0.497 e. The lowest BCUT2D eigenvalue weighted by molar-refractivity contribution is 0.389. The van der Waals surface area contributed by atoms with Crippen molar-refractivity contribution >= 4 is 0 Å². The quantitative estimate of drug-likeness (QED) is 0.753. The largest absolute Gasteiger partial charge is 0.497 e. The van der Waals surface area contributed by atoms with Crippen LogP contribution in [-0.4, -0.2) is 20.8 Å². The third kappa shape index (κ3) is 3.94. The molecule has 0 aromatic heterocycles. The third-order valence-corrected chi connectivity index (χ3v) is 2.81. The van der Waals surface area contributed by atoms with Gasteiger partial charge in [-0.1, -0.05) is 0 Å². The van der Waals surface area contributed by atoms with Crippen molar-refractivity contribution in [2.75, 3.05) is 20.8 Å². The number of unbranched alkanes of at least 4 members (excludes halogenated alkanes) is 1. The SMILES string of the molecule is COc1cc(C)c(CNCCCC#N)c(OC)c1. The highest BCUT2D eigenvalue weighted by Gasteiger charge is 2.08. The summed E-state index contributed by atoms with van der Waals surface area (Å²) in [5.41, 5.74) is 2.27. The molecule has 0 spiro atoms. The molecule has 98 valence electrons. The number of nitrogens with zero attached hydrogens (tertiary/aromatic N) is 1. The van der Waals surface area contributed by atoms with Crippen LogP contribution >= 0.6 is 0 Å². The monoisotopic (exact) mass is 248 g/mol. The van der Waals surface area contributed by atoms with E-state index >= 15 is 0 Å². The molecular formula is C14H20N2O2. The molecule has 0 saturated carbocycles. The van der Waals surface area contributed by atoms with E-state index in [0.717, 1.165) is 42.1 Å². The van der Waals surface area contributed by atoms with Crippen LogP contribution in [0.25, 0.3) is 0 Å². The maximum Gasteiger partial charge on any atom is 0.127 e. The molecule has 0 saturated heterocycles. The second-order valence-electron chi connectivity index (χ2n) is 4.06. The molecule has 0 heterocycles. The van der Waals surface area contributed by atoms with Gasteiger partial charge in [0.05, 0.1) is 20.3 Å². The standard InChI is InChI=1S/C14H20N2O2/c1-11-8-12(17-2)9-14(18-3)13(11)10-16-7-5-4-6-15/h8-9,16H,4-5,7,10H2,1-3H3. The van der Waals surface area contributed by atoms with Crippen LogP contribution in [0, 0.1) is 18.3 Å². The van der Waals surface area contributed by atoms with Gasteiger partial charge in [0.1, 0.15) is 11.5 Å². The summed E-state index contributed by atoms with van der Waals surface area (Å²) in [5.74, 6) is 1.64. The van der Waals surface area contributed by atoms with Gasteiger partial charge in [0.2, 0.25) is 0 Å². The van der Waals surface area contributed by atoms with Gasteiger partial charge < -0.3 is 14.8 Å². The van der Waals surface area contributed by atoms with Gasteiger partial charge in [-0.2, -0.15) is 5.26 Å². The van der Waals surface area contributed by atoms with Crippen LogP contribution in [-0.2, 0) is 6.54 Å². The Hall–Kier alpha value is -1.73. The molecular weight excluding hydrogens is 228 g/mol. The van der Waals surface area contributed by atoms with Gasteiger partial charge in [-0.25, -0.2) is 0 Å². The summed E-state index contributed by atoms with van der Waals surface area (Å²) in [7, 11) is 3.31. The maximum absolute atomic E-state index is 8.45. The van der Waals surface area contributed by atoms with E-state index in [0.29, 0.717) is 6.42 Å². The van der Waals surface area contributed by atoms with Gasteiger partial charge in [-0.15, -0.1) is 0 Å².